The molecule has 2 aromatic carbocycles. The standard InChI is InChI=1S/C20H20N2O3S/c1-12(2)13-4-6-15-18(11-13)26-20(22(15)3)21-19(23)14-5-7-16-17(10-14)25-9-8-24-16/h4-7,10-12H,8-9H2,1-3H3. The van der Waals surface area contributed by atoms with Gasteiger partial charge in [-0.3, -0.25) is 4.79 Å². The number of amides is 1. The summed E-state index contributed by atoms with van der Waals surface area (Å²) in [5.74, 6) is 1.45. The molecule has 0 aliphatic carbocycles. The van der Waals surface area contributed by atoms with Crippen molar-refractivity contribution in [2.24, 2.45) is 12.0 Å². The Balaban J connectivity index is 1.73. The topological polar surface area (TPSA) is 52.8 Å². The number of aryl methyl sites for hydroxylation is 1. The highest BCUT2D eigenvalue weighted by molar-refractivity contribution is 7.16. The van der Waals surface area contributed by atoms with Crippen LogP contribution in [-0.4, -0.2) is 23.7 Å². The van der Waals surface area contributed by atoms with Gasteiger partial charge in [0.25, 0.3) is 5.91 Å². The molecule has 0 unspecified atom stereocenters. The second-order valence-electron chi connectivity index (χ2n) is 6.60. The van der Waals surface area contributed by atoms with Crippen LogP contribution in [0.3, 0.4) is 0 Å². The van der Waals surface area contributed by atoms with Gasteiger partial charge >= 0.3 is 0 Å². The van der Waals surface area contributed by atoms with Crippen LogP contribution in [0.5, 0.6) is 11.5 Å². The normalized spacial score (nSPS) is 14.2. The molecule has 0 atom stereocenters. The van der Waals surface area contributed by atoms with Crippen LogP contribution < -0.4 is 14.3 Å². The van der Waals surface area contributed by atoms with Crippen molar-refractivity contribution >= 4 is 27.5 Å². The fourth-order valence-corrected chi connectivity index (χ4v) is 4.01. The molecule has 2 heterocycles. The summed E-state index contributed by atoms with van der Waals surface area (Å²) >= 11 is 1.53. The minimum Gasteiger partial charge on any atom is -0.486 e. The van der Waals surface area contributed by atoms with Crippen molar-refractivity contribution in [2.45, 2.75) is 19.8 Å². The number of ether oxygens (including phenoxy) is 2. The van der Waals surface area contributed by atoms with E-state index in [2.05, 4.69) is 37.0 Å². The lowest BCUT2D eigenvalue weighted by Crippen LogP contribution is -2.16. The van der Waals surface area contributed by atoms with E-state index in [0.717, 1.165) is 10.2 Å². The molecule has 3 aromatic rings. The van der Waals surface area contributed by atoms with Crippen LogP contribution in [0.15, 0.2) is 41.4 Å². The average molecular weight is 368 g/mol. The van der Waals surface area contributed by atoms with Crippen molar-refractivity contribution in [3.63, 3.8) is 0 Å². The molecule has 1 amide bonds. The molecule has 134 valence electrons. The van der Waals surface area contributed by atoms with Crippen LogP contribution in [0.1, 0.15) is 35.7 Å². The van der Waals surface area contributed by atoms with Crippen molar-refractivity contribution in [2.75, 3.05) is 13.2 Å². The molecule has 5 nitrogen and oxygen atoms in total. The largest absolute Gasteiger partial charge is 0.486 e. The number of carbonyl (C=O) groups is 1. The Morgan fingerprint density at radius 1 is 1.12 bits per heavy atom. The Bertz CT molecular complexity index is 1060. The summed E-state index contributed by atoms with van der Waals surface area (Å²) in [6.45, 7) is 5.36. The number of carbonyl (C=O) groups excluding carboxylic acids is 1. The summed E-state index contributed by atoms with van der Waals surface area (Å²) < 4.78 is 14.1. The molecule has 0 N–H and O–H groups in total. The second-order valence-corrected chi connectivity index (χ2v) is 7.61. The maximum Gasteiger partial charge on any atom is 0.279 e. The van der Waals surface area contributed by atoms with E-state index in [9.17, 15) is 4.79 Å². The first kappa shape index (κ1) is 16.8. The lowest BCUT2D eigenvalue weighted by Gasteiger charge is -2.18. The number of hydrogen-bond acceptors (Lipinski definition) is 4. The highest BCUT2D eigenvalue weighted by Crippen LogP contribution is 2.31. The monoisotopic (exact) mass is 368 g/mol. The molecular weight excluding hydrogens is 348 g/mol. The molecule has 1 aliphatic heterocycles. The minimum atomic E-state index is -0.284. The molecule has 6 heteroatoms. The van der Waals surface area contributed by atoms with Crippen LogP contribution in [0.25, 0.3) is 10.2 Å². The third kappa shape index (κ3) is 3.01. The highest BCUT2D eigenvalue weighted by atomic mass is 32.1. The first-order valence-corrected chi connectivity index (χ1v) is 9.43. The van der Waals surface area contributed by atoms with Crippen LogP contribution in [0.2, 0.25) is 0 Å². The van der Waals surface area contributed by atoms with Gasteiger partial charge in [-0.05, 0) is 41.8 Å². The quantitative estimate of drug-likeness (QED) is 0.690. The Hall–Kier alpha value is -2.60. The Kier molecular flexibility index (Phi) is 4.28. The summed E-state index contributed by atoms with van der Waals surface area (Å²) in [7, 11) is 1.93. The molecule has 0 saturated carbocycles. The van der Waals surface area contributed by atoms with Crippen LogP contribution in [0.4, 0.5) is 0 Å². The third-order valence-electron chi connectivity index (χ3n) is 4.49. The minimum absolute atomic E-state index is 0.284. The van der Waals surface area contributed by atoms with Gasteiger partial charge in [-0.1, -0.05) is 31.3 Å². The highest BCUT2D eigenvalue weighted by Gasteiger charge is 2.15. The SMILES string of the molecule is CC(C)c1ccc2c(c1)sc(=NC(=O)c1ccc3c(c1)OCCO3)n2C. The van der Waals surface area contributed by atoms with E-state index in [1.165, 1.54) is 16.9 Å². The van der Waals surface area contributed by atoms with Crippen molar-refractivity contribution in [3.05, 3.63) is 52.3 Å². The molecule has 26 heavy (non-hydrogen) atoms. The van der Waals surface area contributed by atoms with Gasteiger partial charge in [-0.15, -0.1) is 0 Å². The van der Waals surface area contributed by atoms with Crippen LogP contribution in [-0.2, 0) is 7.05 Å². The molecule has 1 aromatic heterocycles. The number of hydrogen-bond donors (Lipinski definition) is 0. The van der Waals surface area contributed by atoms with Crippen molar-refractivity contribution in [1.29, 1.82) is 0 Å². The molecule has 0 bridgehead atoms. The summed E-state index contributed by atoms with van der Waals surface area (Å²) in [5.41, 5.74) is 2.85. The smallest absolute Gasteiger partial charge is 0.279 e. The van der Waals surface area contributed by atoms with E-state index >= 15 is 0 Å². The van der Waals surface area contributed by atoms with E-state index in [0.29, 0.717) is 41.0 Å². The first-order valence-electron chi connectivity index (χ1n) is 8.61. The van der Waals surface area contributed by atoms with Crippen molar-refractivity contribution in [3.8, 4) is 11.5 Å². The van der Waals surface area contributed by atoms with E-state index < -0.39 is 0 Å². The Morgan fingerprint density at radius 3 is 2.65 bits per heavy atom. The predicted octanol–water partition coefficient (Wildman–Crippen LogP) is 3.88. The molecule has 0 fully saturated rings. The number of nitrogens with zero attached hydrogens (tertiary/aromatic N) is 2. The fourth-order valence-electron chi connectivity index (χ4n) is 2.94. The second kappa shape index (κ2) is 6.61. The average Bonchev–Trinajstić information content (AvgIpc) is 2.96. The first-order chi connectivity index (χ1) is 12.5. The lowest BCUT2D eigenvalue weighted by molar-refractivity contribution is 0.0996. The van der Waals surface area contributed by atoms with Gasteiger partial charge in [0.2, 0.25) is 0 Å². The third-order valence-corrected chi connectivity index (χ3v) is 5.58. The molecule has 0 spiro atoms. The van der Waals surface area contributed by atoms with Gasteiger partial charge in [-0.2, -0.15) is 4.99 Å². The fraction of sp³-hybridized carbons (Fsp3) is 0.300. The lowest BCUT2D eigenvalue weighted by atomic mass is 10.0. The maximum absolute atomic E-state index is 12.6. The maximum atomic E-state index is 12.6. The zero-order valence-electron chi connectivity index (χ0n) is 15.0. The zero-order valence-corrected chi connectivity index (χ0v) is 15.8. The Labute approximate surface area is 155 Å². The van der Waals surface area contributed by atoms with E-state index in [1.54, 1.807) is 18.2 Å². The number of benzene rings is 2. The molecule has 0 saturated heterocycles. The number of rotatable bonds is 2. The number of thiazole rings is 1. The summed E-state index contributed by atoms with van der Waals surface area (Å²) in [6.07, 6.45) is 0. The summed E-state index contributed by atoms with van der Waals surface area (Å²) in [5, 5.41) is 0. The molecule has 0 radical (unpaired) electrons. The molecular formula is C20H20N2O3S. The number of fused-ring (bicyclic) bond motifs is 2. The number of aromatic nitrogens is 1. The van der Waals surface area contributed by atoms with Crippen LogP contribution in [0, 0.1) is 0 Å². The van der Waals surface area contributed by atoms with Gasteiger partial charge in [-0.25, -0.2) is 0 Å². The summed E-state index contributed by atoms with van der Waals surface area (Å²) in [4.78, 5) is 17.7. The van der Waals surface area contributed by atoms with Gasteiger partial charge in [0.05, 0.1) is 10.2 Å². The summed E-state index contributed by atoms with van der Waals surface area (Å²) in [6, 6.07) is 11.6. The predicted molar refractivity (Wildman–Crippen MR) is 102 cm³/mol. The Morgan fingerprint density at radius 2 is 1.88 bits per heavy atom. The van der Waals surface area contributed by atoms with Gasteiger partial charge in [0.15, 0.2) is 16.3 Å². The van der Waals surface area contributed by atoms with Gasteiger partial charge in [0.1, 0.15) is 13.2 Å². The molecule has 4 rings (SSSR count). The van der Waals surface area contributed by atoms with E-state index in [-0.39, 0.29) is 5.91 Å². The van der Waals surface area contributed by atoms with E-state index in [1.807, 2.05) is 11.6 Å². The van der Waals surface area contributed by atoms with Crippen LogP contribution >= 0.6 is 11.3 Å². The van der Waals surface area contributed by atoms with Gasteiger partial charge in [0, 0.05) is 12.6 Å². The van der Waals surface area contributed by atoms with Crippen molar-refractivity contribution < 1.29 is 14.3 Å². The van der Waals surface area contributed by atoms with Gasteiger partial charge < -0.3 is 14.0 Å². The zero-order chi connectivity index (χ0) is 18.3. The van der Waals surface area contributed by atoms with Crippen molar-refractivity contribution in [1.82, 2.24) is 4.57 Å². The molecule has 1 aliphatic rings. The van der Waals surface area contributed by atoms with E-state index in [4.69, 9.17) is 9.47 Å².